The third-order valence-corrected chi connectivity index (χ3v) is 4.40. The van der Waals surface area contributed by atoms with Crippen molar-refractivity contribution < 1.29 is 29.1 Å². The van der Waals surface area contributed by atoms with Crippen molar-refractivity contribution in [1.82, 2.24) is 25.9 Å². The summed E-state index contributed by atoms with van der Waals surface area (Å²) in [5.41, 5.74) is 11.4. The number of hydrogen-bond acceptors (Lipinski definition) is 7. The summed E-state index contributed by atoms with van der Waals surface area (Å²) in [6.07, 6.45) is 2.24. The number of primary amides is 1. The van der Waals surface area contributed by atoms with Crippen molar-refractivity contribution >= 4 is 29.6 Å². The van der Waals surface area contributed by atoms with Gasteiger partial charge in [-0.15, -0.1) is 0 Å². The summed E-state index contributed by atoms with van der Waals surface area (Å²) >= 11 is 0. The van der Waals surface area contributed by atoms with Crippen LogP contribution in [0.2, 0.25) is 0 Å². The Hall–Kier alpha value is -3.48. The standard InChI is InChI=1S/C18H29N7O6/c1-8(2)14(20)17(29)24-11(5-13(19)26)16(28)23-9(3)15(27)25-12(18(30)31)4-10-6-21-7-22-10/h6-9,11-12,14H,4-5,20H2,1-3H3,(H2,19,26)(H,21,22)(H,23,28)(H,24,29)(H,25,27)(H,30,31). The van der Waals surface area contributed by atoms with Crippen LogP contribution in [-0.4, -0.2) is 68.8 Å². The minimum absolute atomic E-state index is 0.0464. The first-order valence-corrected chi connectivity index (χ1v) is 9.57. The van der Waals surface area contributed by atoms with Crippen molar-refractivity contribution in [2.75, 3.05) is 0 Å². The van der Waals surface area contributed by atoms with Gasteiger partial charge in [0.2, 0.25) is 23.6 Å². The van der Waals surface area contributed by atoms with Crippen molar-refractivity contribution in [1.29, 1.82) is 0 Å². The van der Waals surface area contributed by atoms with Crippen molar-refractivity contribution in [2.24, 2.45) is 17.4 Å². The number of carboxylic acids is 1. The fraction of sp³-hybridized carbons (Fsp3) is 0.556. The number of aliphatic carboxylic acids is 1. The summed E-state index contributed by atoms with van der Waals surface area (Å²) in [6.45, 7) is 4.75. The molecule has 4 unspecified atom stereocenters. The Kier molecular flexibility index (Phi) is 9.60. The highest BCUT2D eigenvalue weighted by Crippen LogP contribution is 2.02. The molecular weight excluding hydrogens is 410 g/mol. The molecule has 0 saturated heterocycles. The maximum absolute atomic E-state index is 12.5. The molecule has 13 nitrogen and oxygen atoms in total. The van der Waals surface area contributed by atoms with Gasteiger partial charge in [0.05, 0.1) is 18.8 Å². The van der Waals surface area contributed by atoms with Gasteiger partial charge >= 0.3 is 5.97 Å². The highest BCUT2D eigenvalue weighted by atomic mass is 16.4. The van der Waals surface area contributed by atoms with E-state index in [1.807, 2.05) is 0 Å². The quantitative estimate of drug-likeness (QED) is 0.182. The van der Waals surface area contributed by atoms with Crippen LogP contribution in [-0.2, 0) is 30.4 Å². The van der Waals surface area contributed by atoms with Crippen LogP contribution in [0.5, 0.6) is 0 Å². The van der Waals surface area contributed by atoms with Gasteiger partial charge < -0.3 is 37.5 Å². The van der Waals surface area contributed by atoms with Gasteiger partial charge in [0, 0.05) is 18.3 Å². The minimum Gasteiger partial charge on any atom is -0.480 e. The van der Waals surface area contributed by atoms with Crippen molar-refractivity contribution in [3.8, 4) is 0 Å². The fourth-order valence-electron chi connectivity index (χ4n) is 2.47. The molecule has 0 aromatic carbocycles. The number of imidazole rings is 1. The number of hydrogen-bond donors (Lipinski definition) is 7. The monoisotopic (exact) mass is 439 g/mol. The van der Waals surface area contributed by atoms with Gasteiger partial charge in [-0.25, -0.2) is 9.78 Å². The maximum Gasteiger partial charge on any atom is 0.326 e. The average molecular weight is 439 g/mol. The Morgan fingerprint density at radius 2 is 1.65 bits per heavy atom. The van der Waals surface area contributed by atoms with E-state index in [0.29, 0.717) is 5.69 Å². The second-order valence-electron chi connectivity index (χ2n) is 7.41. The average Bonchev–Trinajstić information content (AvgIpc) is 3.18. The smallest absolute Gasteiger partial charge is 0.326 e. The van der Waals surface area contributed by atoms with Crippen LogP contribution in [0.15, 0.2) is 12.5 Å². The topological polar surface area (TPSA) is 222 Å². The van der Waals surface area contributed by atoms with Crippen LogP contribution < -0.4 is 27.4 Å². The summed E-state index contributed by atoms with van der Waals surface area (Å²) < 4.78 is 0. The first-order valence-electron chi connectivity index (χ1n) is 9.57. The van der Waals surface area contributed by atoms with E-state index >= 15 is 0 Å². The van der Waals surface area contributed by atoms with Gasteiger partial charge in [0.1, 0.15) is 18.1 Å². The summed E-state index contributed by atoms with van der Waals surface area (Å²) in [5, 5.41) is 16.3. The van der Waals surface area contributed by atoms with E-state index in [1.54, 1.807) is 13.8 Å². The molecule has 1 heterocycles. The molecule has 4 amide bonds. The molecule has 0 aliphatic heterocycles. The van der Waals surface area contributed by atoms with Crippen LogP contribution in [0.4, 0.5) is 0 Å². The minimum atomic E-state index is -1.34. The lowest BCUT2D eigenvalue weighted by Gasteiger charge is -2.23. The van der Waals surface area contributed by atoms with E-state index in [1.165, 1.54) is 19.4 Å². The van der Waals surface area contributed by atoms with E-state index < -0.39 is 60.2 Å². The van der Waals surface area contributed by atoms with Crippen LogP contribution in [0.25, 0.3) is 0 Å². The third-order valence-electron chi connectivity index (χ3n) is 4.40. The first kappa shape index (κ1) is 25.6. The van der Waals surface area contributed by atoms with Gasteiger partial charge in [0.25, 0.3) is 0 Å². The van der Waals surface area contributed by atoms with E-state index in [4.69, 9.17) is 11.5 Å². The lowest BCUT2D eigenvalue weighted by atomic mass is 10.0. The van der Waals surface area contributed by atoms with E-state index in [0.717, 1.165) is 0 Å². The molecule has 0 fully saturated rings. The van der Waals surface area contributed by atoms with Gasteiger partial charge in [-0.3, -0.25) is 19.2 Å². The zero-order chi connectivity index (χ0) is 23.7. The zero-order valence-electron chi connectivity index (χ0n) is 17.5. The fourth-order valence-corrected chi connectivity index (χ4v) is 2.47. The SMILES string of the molecule is CC(NC(=O)C(CC(N)=O)NC(=O)C(N)C(C)C)C(=O)NC(Cc1cnc[nH]1)C(=O)O. The van der Waals surface area contributed by atoms with Crippen LogP contribution in [0.1, 0.15) is 32.9 Å². The molecule has 0 radical (unpaired) electrons. The molecule has 0 spiro atoms. The van der Waals surface area contributed by atoms with Crippen LogP contribution in [0, 0.1) is 5.92 Å². The molecule has 0 bridgehead atoms. The summed E-state index contributed by atoms with van der Waals surface area (Å²) in [7, 11) is 0. The number of rotatable bonds is 12. The number of H-pyrrole nitrogens is 1. The number of aromatic nitrogens is 2. The number of aromatic amines is 1. The number of carbonyl (C=O) groups is 5. The molecule has 1 aromatic heterocycles. The largest absolute Gasteiger partial charge is 0.480 e. The molecule has 4 atom stereocenters. The van der Waals surface area contributed by atoms with Crippen molar-refractivity contribution in [3.05, 3.63) is 18.2 Å². The predicted octanol–water partition coefficient (Wildman–Crippen LogP) is -2.63. The Balaban J connectivity index is 2.77. The molecule has 1 rings (SSSR count). The molecule has 1 aromatic rings. The maximum atomic E-state index is 12.5. The predicted molar refractivity (Wildman–Crippen MR) is 108 cm³/mol. The van der Waals surface area contributed by atoms with E-state index in [-0.39, 0.29) is 12.3 Å². The van der Waals surface area contributed by atoms with Gasteiger partial charge in [0.15, 0.2) is 0 Å². The van der Waals surface area contributed by atoms with Gasteiger partial charge in [-0.05, 0) is 12.8 Å². The Morgan fingerprint density at radius 3 is 2.13 bits per heavy atom. The molecular formula is C18H29N7O6. The van der Waals surface area contributed by atoms with E-state index in [2.05, 4.69) is 25.9 Å². The number of carbonyl (C=O) groups excluding carboxylic acids is 4. The molecule has 0 aliphatic rings. The lowest BCUT2D eigenvalue weighted by molar-refractivity contribution is -0.142. The normalized spacial score (nSPS) is 14.7. The van der Waals surface area contributed by atoms with Crippen molar-refractivity contribution in [3.63, 3.8) is 0 Å². The number of nitrogens with two attached hydrogens (primary N) is 2. The molecule has 172 valence electrons. The molecule has 31 heavy (non-hydrogen) atoms. The van der Waals surface area contributed by atoms with Crippen molar-refractivity contribution in [2.45, 2.75) is 57.8 Å². The second-order valence-corrected chi connectivity index (χ2v) is 7.41. The summed E-state index contributed by atoms with van der Waals surface area (Å²) in [4.78, 5) is 66.3. The molecule has 13 heteroatoms. The summed E-state index contributed by atoms with van der Waals surface area (Å²) in [6, 6.07) is -4.69. The number of amides is 4. The summed E-state index contributed by atoms with van der Waals surface area (Å²) in [5.74, 6) is -4.61. The van der Waals surface area contributed by atoms with Crippen LogP contribution in [0.3, 0.4) is 0 Å². The third kappa shape index (κ3) is 8.42. The Morgan fingerprint density at radius 1 is 1.03 bits per heavy atom. The number of carboxylic acid groups (broad SMARTS) is 1. The second kappa shape index (κ2) is 11.6. The highest BCUT2D eigenvalue weighted by molar-refractivity contribution is 5.96. The lowest BCUT2D eigenvalue weighted by Crippen LogP contribution is -2.57. The number of nitrogens with one attached hydrogen (secondary N) is 4. The zero-order valence-corrected chi connectivity index (χ0v) is 17.5. The Labute approximate surface area is 178 Å². The molecule has 0 aliphatic carbocycles. The van der Waals surface area contributed by atoms with E-state index in [9.17, 15) is 29.1 Å². The first-order chi connectivity index (χ1) is 14.4. The molecule has 0 saturated carbocycles. The van der Waals surface area contributed by atoms with Gasteiger partial charge in [-0.1, -0.05) is 13.8 Å². The van der Waals surface area contributed by atoms with Crippen LogP contribution >= 0.6 is 0 Å². The van der Waals surface area contributed by atoms with Gasteiger partial charge in [-0.2, -0.15) is 0 Å². The Bertz CT molecular complexity index is 795. The highest BCUT2D eigenvalue weighted by Gasteiger charge is 2.30. The number of nitrogens with zero attached hydrogens (tertiary/aromatic N) is 1. The molecule has 9 N–H and O–H groups in total.